The SMILES string of the molecule is O=C(O)C1=CNCc2cc3ccccc3nc21. The Bertz CT molecular complexity index is 647. The van der Waals surface area contributed by atoms with Gasteiger partial charge in [-0.05, 0) is 17.7 Å². The third-order valence-electron chi connectivity index (χ3n) is 2.83. The lowest BCUT2D eigenvalue weighted by molar-refractivity contribution is -0.130. The molecule has 4 heteroatoms. The number of carbonyl (C=O) groups is 1. The molecule has 3 rings (SSSR count). The number of aromatic nitrogens is 1. The standard InChI is InChI=1S/C13H10N2O2/c16-13(17)10-7-14-6-9-5-8-3-1-2-4-11(8)15-12(9)10/h1-5,7,14H,6H2,(H,16,17). The maximum absolute atomic E-state index is 11.1. The highest BCUT2D eigenvalue weighted by Crippen LogP contribution is 2.24. The summed E-state index contributed by atoms with van der Waals surface area (Å²) < 4.78 is 0. The van der Waals surface area contributed by atoms with Gasteiger partial charge < -0.3 is 10.4 Å². The maximum Gasteiger partial charge on any atom is 0.339 e. The van der Waals surface area contributed by atoms with Gasteiger partial charge in [0.15, 0.2) is 0 Å². The second-order valence-electron chi connectivity index (χ2n) is 3.93. The van der Waals surface area contributed by atoms with Crippen LogP contribution in [0.3, 0.4) is 0 Å². The molecule has 2 aromatic rings. The monoisotopic (exact) mass is 226 g/mol. The molecule has 0 radical (unpaired) electrons. The molecule has 0 bridgehead atoms. The van der Waals surface area contributed by atoms with E-state index in [1.165, 1.54) is 6.20 Å². The van der Waals surface area contributed by atoms with Gasteiger partial charge >= 0.3 is 5.97 Å². The maximum atomic E-state index is 11.1. The minimum absolute atomic E-state index is 0.219. The molecule has 0 saturated carbocycles. The fraction of sp³-hybridized carbons (Fsp3) is 0.0769. The molecule has 0 atom stereocenters. The summed E-state index contributed by atoms with van der Waals surface area (Å²) >= 11 is 0. The number of hydrogen-bond acceptors (Lipinski definition) is 3. The zero-order valence-electron chi connectivity index (χ0n) is 8.97. The number of carboxylic acid groups (broad SMARTS) is 1. The summed E-state index contributed by atoms with van der Waals surface area (Å²) in [4.78, 5) is 15.5. The van der Waals surface area contributed by atoms with Crippen LogP contribution in [0.4, 0.5) is 0 Å². The number of nitrogens with zero attached hydrogens (tertiary/aromatic N) is 1. The van der Waals surface area contributed by atoms with E-state index < -0.39 is 5.97 Å². The highest BCUT2D eigenvalue weighted by atomic mass is 16.4. The minimum Gasteiger partial charge on any atom is -0.478 e. The number of aliphatic carboxylic acids is 1. The van der Waals surface area contributed by atoms with Crippen LogP contribution in [0.2, 0.25) is 0 Å². The average Bonchev–Trinajstić information content (AvgIpc) is 2.35. The first-order valence-electron chi connectivity index (χ1n) is 5.31. The second kappa shape index (κ2) is 3.59. The van der Waals surface area contributed by atoms with E-state index in [1.54, 1.807) is 0 Å². The number of carboxylic acids is 1. The fourth-order valence-electron chi connectivity index (χ4n) is 2.02. The molecule has 0 saturated heterocycles. The Morgan fingerprint density at radius 1 is 1.35 bits per heavy atom. The van der Waals surface area contributed by atoms with Gasteiger partial charge in [-0.1, -0.05) is 18.2 Å². The Kier molecular flexibility index (Phi) is 2.08. The zero-order chi connectivity index (χ0) is 11.8. The van der Waals surface area contributed by atoms with Crippen molar-refractivity contribution in [3.63, 3.8) is 0 Å². The number of para-hydroxylation sites is 1. The molecule has 2 heterocycles. The van der Waals surface area contributed by atoms with Crippen LogP contribution in [0.15, 0.2) is 36.5 Å². The lowest BCUT2D eigenvalue weighted by Crippen LogP contribution is -2.18. The van der Waals surface area contributed by atoms with Gasteiger partial charge in [-0.2, -0.15) is 0 Å². The number of benzene rings is 1. The number of pyridine rings is 1. The van der Waals surface area contributed by atoms with E-state index in [4.69, 9.17) is 5.11 Å². The largest absolute Gasteiger partial charge is 0.478 e. The third kappa shape index (κ3) is 1.54. The Morgan fingerprint density at radius 3 is 3.00 bits per heavy atom. The van der Waals surface area contributed by atoms with Crippen LogP contribution in [-0.2, 0) is 11.3 Å². The second-order valence-corrected chi connectivity index (χ2v) is 3.93. The van der Waals surface area contributed by atoms with Gasteiger partial charge in [0.05, 0.1) is 11.2 Å². The summed E-state index contributed by atoms with van der Waals surface area (Å²) in [6.07, 6.45) is 1.51. The van der Waals surface area contributed by atoms with Crippen molar-refractivity contribution in [3.8, 4) is 0 Å². The van der Waals surface area contributed by atoms with Crippen molar-refractivity contribution in [3.05, 3.63) is 47.8 Å². The van der Waals surface area contributed by atoms with Crippen LogP contribution in [0.5, 0.6) is 0 Å². The number of nitrogens with one attached hydrogen (secondary N) is 1. The molecule has 17 heavy (non-hydrogen) atoms. The molecule has 1 aliphatic rings. The molecule has 1 aliphatic heterocycles. The van der Waals surface area contributed by atoms with Gasteiger partial charge in [-0.3, -0.25) is 0 Å². The van der Waals surface area contributed by atoms with Gasteiger partial charge in [0, 0.05) is 18.1 Å². The molecule has 4 nitrogen and oxygen atoms in total. The van der Waals surface area contributed by atoms with Gasteiger partial charge in [0.2, 0.25) is 0 Å². The molecule has 0 fully saturated rings. The first-order valence-corrected chi connectivity index (χ1v) is 5.31. The Morgan fingerprint density at radius 2 is 2.18 bits per heavy atom. The van der Waals surface area contributed by atoms with Crippen LogP contribution >= 0.6 is 0 Å². The molecular formula is C13H10N2O2. The van der Waals surface area contributed by atoms with Crippen molar-refractivity contribution >= 4 is 22.4 Å². The Labute approximate surface area is 97.6 Å². The molecule has 1 aromatic heterocycles. The predicted molar refractivity (Wildman–Crippen MR) is 64.2 cm³/mol. The highest BCUT2D eigenvalue weighted by molar-refractivity contribution is 6.15. The Balaban J connectivity index is 2.28. The van der Waals surface area contributed by atoms with Crippen LogP contribution < -0.4 is 5.32 Å². The van der Waals surface area contributed by atoms with Crippen LogP contribution in [0.25, 0.3) is 16.5 Å². The molecule has 1 aromatic carbocycles. The lowest BCUT2D eigenvalue weighted by atomic mass is 10.0. The topological polar surface area (TPSA) is 62.2 Å². The summed E-state index contributed by atoms with van der Waals surface area (Å²) in [7, 11) is 0. The minimum atomic E-state index is -0.957. The Hall–Kier alpha value is -2.36. The van der Waals surface area contributed by atoms with E-state index in [-0.39, 0.29) is 5.57 Å². The number of fused-ring (bicyclic) bond motifs is 2. The van der Waals surface area contributed by atoms with Crippen molar-refractivity contribution in [1.82, 2.24) is 10.3 Å². The summed E-state index contributed by atoms with van der Waals surface area (Å²) in [5.74, 6) is -0.957. The quantitative estimate of drug-likeness (QED) is 0.777. The van der Waals surface area contributed by atoms with E-state index in [1.807, 2.05) is 30.3 Å². The van der Waals surface area contributed by atoms with Crippen molar-refractivity contribution in [2.45, 2.75) is 6.54 Å². The van der Waals surface area contributed by atoms with E-state index in [0.29, 0.717) is 12.2 Å². The number of rotatable bonds is 1. The van der Waals surface area contributed by atoms with E-state index >= 15 is 0 Å². The van der Waals surface area contributed by atoms with Crippen molar-refractivity contribution in [2.75, 3.05) is 0 Å². The van der Waals surface area contributed by atoms with E-state index in [2.05, 4.69) is 10.3 Å². The first kappa shape index (κ1) is 9.84. The normalized spacial score (nSPS) is 13.8. The van der Waals surface area contributed by atoms with Crippen LogP contribution in [0.1, 0.15) is 11.3 Å². The fourth-order valence-corrected chi connectivity index (χ4v) is 2.02. The molecular weight excluding hydrogens is 216 g/mol. The summed E-state index contributed by atoms with van der Waals surface area (Å²) in [5.41, 5.74) is 2.52. The van der Waals surface area contributed by atoms with Crippen molar-refractivity contribution in [1.29, 1.82) is 0 Å². The van der Waals surface area contributed by atoms with Crippen molar-refractivity contribution < 1.29 is 9.90 Å². The predicted octanol–water partition coefficient (Wildman–Crippen LogP) is 1.76. The van der Waals surface area contributed by atoms with Gasteiger partial charge in [0.25, 0.3) is 0 Å². The highest BCUT2D eigenvalue weighted by Gasteiger charge is 2.20. The van der Waals surface area contributed by atoms with Crippen LogP contribution in [0, 0.1) is 0 Å². The molecule has 0 unspecified atom stereocenters. The zero-order valence-corrected chi connectivity index (χ0v) is 8.97. The first-order chi connectivity index (χ1) is 8.25. The van der Waals surface area contributed by atoms with Crippen LogP contribution in [-0.4, -0.2) is 16.1 Å². The molecule has 2 N–H and O–H groups in total. The van der Waals surface area contributed by atoms with E-state index in [9.17, 15) is 4.79 Å². The average molecular weight is 226 g/mol. The molecule has 0 amide bonds. The van der Waals surface area contributed by atoms with Crippen molar-refractivity contribution in [2.24, 2.45) is 0 Å². The van der Waals surface area contributed by atoms with Gasteiger partial charge in [0.1, 0.15) is 5.57 Å². The summed E-state index contributed by atoms with van der Waals surface area (Å²) in [6.45, 7) is 0.615. The molecule has 84 valence electrons. The van der Waals surface area contributed by atoms with Gasteiger partial charge in [-0.15, -0.1) is 0 Å². The summed E-state index contributed by atoms with van der Waals surface area (Å²) in [6, 6.07) is 9.69. The number of hydrogen-bond donors (Lipinski definition) is 2. The van der Waals surface area contributed by atoms with E-state index in [0.717, 1.165) is 16.5 Å². The lowest BCUT2D eigenvalue weighted by Gasteiger charge is -2.16. The smallest absolute Gasteiger partial charge is 0.339 e. The molecule has 0 spiro atoms. The molecule has 0 aliphatic carbocycles. The third-order valence-corrected chi connectivity index (χ3v) is 2.83. The van der Waals surface area contributed by atoms with Gasteiger partial charge in [-0.25, -0.2) is 9.78 Å². The summed E-state index contributed by atoms with van der Waals surface area (Å²) in [5, 5.41) is 13.1.